The second kappa shape index (κ2) is 9.62. The van der Waals surface area contributed by atoms with Gasteiger partial charge in [0.2, 0.25) is 5.91 Å². The molecule has 0 saturated heterocycles. The Balaban J connectivity index is 1.88. The Bertz CT molecular complexity index is 805. The molecule has 0 spiro atoms. The molecular formula is C21H26N2O4. The molecule has 0 bridgehead atoms. The second-order valence-corrected chi connectivity index (χ2v) is 6.25. The average molecular weight is 370 g/mol. The van der Waals surface area contributed by atoms with Crippen LogP contribution in [0.1, 0.15) is 18.1 Å². The van der Waals surface area contributed by atoms with E-state index in [2.05, 4.69) is 5.32 Å². The maximum atomic E-state index is 12.0. The molecule has 0 aliphatic heterocycles. The van der Waals surface area contributed by atoms with Crippen LogP contribution in [-0.2, 0) is 9.59 Å². The Morgan fingerprint density at radius 2 is 1.78 bits per heavy atom. The number of methoxy groups -OCH3 is 1. The van der Waals surface area contributed by atoms with E-state index in [1.165, 1.54) is 6.92 Å². The summed E-state index contributed by atoms with van der Waals surface area (Å²) in [6.45, 7) is 6.07. The predicted octanol–water partition coefficient (Wildman–Crippen LogP) is 2.86. The van der Waals surface area contributed by atoms with Crippen molar-refractivity contribution in [2.45, 2.75) is 20.8 Å². The number of rotatable bonds is 8. The van der Waals surface area contributed by atoms with E-state index < -0.39 is 0 Å². The van der Waals surface area contributed by atoms with Gasteiger partial charge >= 0.3 is 0 Å². The van der Waals surface area contributed by atoms with Crippen LogP contribution in [-0.4, -0.2) is 38.6 Å². The van der Waals surface area contributed by atoms with Crippen LogP contribution in [0.2, 0.25) is 0 Å². The molecule has 0 heterocycles. The number of anilines is 1. The van der Waals surface area contributed by atoms with Crippen molar-refractivity contribution >= 4 is 17.5 Å². The monoisotopic (exact) mass is 370 g/mol. The SMILES string of the molecule is COc1ccccc1OCC(=O)NCCN(C(C)=O)c1cc(C)ccc1C. The highest BCUT2D eigenvalue weighted by Gasteiger charge is 2.14. The van der Waals surface area contributed by atoms with Crippen LogP contribution in [0, 0.1) is 13.8 Å². The van der Waals surface area contributed by atoms with E-state index >= 15 is 0 Å². The number of ether oxygens (including phenoxy) is 2. The van der Waals surface area contributed by atoms with Gasteiger partial charge in [0.1, 0.15) is 0 Å². The highest BCUT2D eigenvalue weighted by molar-refractivity contribution is 5.92. The van der Waals surface area contributed by atoms with Crippen LogP contribution < -0.4 is 19.7 Å². The zero-order valence-electron chi connectivity index (χ0n) is 16.2. The molecule has 0 aromatic heterocycles. The molecule has 0 radical (unpaired) electrons. The van der Waals surface area contributed by atoms with Crippen LogP contribution in [0.3, 0.4) is 0 Å². The molecule has 0 atom stereocenters. The molecule has 6 heteroatoms. The summed E-state index contributed by atoms with van der Waals surface area (Å²) in [5, 5.41) is 2.78. The molecule has 2 aromatic rings. The summed E-state index contributed by atoms with van der Waals surface area (Å²) in [4.78, 5) is 25.8. The van der Waals surface area contributed by atoms with Gasteiger partial charge in [0, 0.05) is 25.7 Å². The number of nitrogens with zero attached hydrogens (tertiary/aromatic N) is 1. The zero-order valence-corrected chi connectivity index (χ0v) is 16.2. The lowest BCUT2D eigenvalue weighted by Gasteiger charge is -2.23. The first kappa shape index (κ1) is 20.3. The van der Waals surface area contributed by atoms with Crippen LogP contribution in [0.25, 0.3) is 0 Å². The molecule has 2 rings (SSSR count). The number of para-hydroxylation sites is 2. The first-order chi connectivity index (χ1) is 12.9. The largest absolute Gasteiger partial charge is 0.493 e. The summed E-state index contributed by atoms with van der Waals surface area (Å²) < 4.78 is 10.7. The van der Waals surface area contributed by atoms with E-state index in [-0.39, 0.29) is 18.4 Å². The number of aryl methyl sites for hydroxylation is 2. The summed E-state index contributed by atoms with van der Waals surface area (Å²) in [7, 11) is 1.55. The lowest BCUT2D eigenvalue weighted by molar-refractivity contribution is -0.123. The number of carbonyl (C=O) groups excluding carboxylic acids is 2. The van der Waals surface area contributed by atoms with E-state index in [1.807, 2.05) is 44.2 Å². The van der Waals surface area contributed by atoms with Crippen LogP contribution in [0.15, 0.2) is 42.5 Å². The number of hydrogen-bond acceptors (Lipinski definition) is 4. The molecule has 0 fully saturated rings. The van der Waals surface area contributed by atoms with Crippen LogP contribution >= 0.6 is 0 Å². The van der Waals surface area contributed by atoms with E-state index in [9.17, 15) is 9.59 Å². The zero-order chi connectivity index (χ0) is 19.8. The Hall–Kier alpha value is -3.02. The van der Waals surface area contributed by atoms with Crippen molar-refractivity contribution in [2.24, 2.45) is 0 Å². The van der Waals surface area contributed by atoms with Crippen LogP contribution in [0.5, 0.6) is 11.5 Å². The molecule has 2 amide bonds. The molecular weight excluding hydrogens is 344 g/mol. The van der Waals surface area contributed by atoms with Crippen molar-refractivity contribution in [1.29, 1.82) is 0 Å². The summed E-state index contributed by atoms with van der Waals surface area (Å²) in [6.07, 6.45) is 0. The van der Waals surface area contributed by atoms with Gasteiger partial charge in [-0.25, -0.2) is 0 Å². The van der Waals surface area contributed by atoms with Crippen molar-refractivity contribution in [3.63, 3.8) is 0 Å². The fourth-order valence-electron chi connectivity index (χ4n) is 2.70. The van der Waals surface area contributed by atoms with Crippen molar-refractivity contribution in [3.05, 3.63) is 53.6 Å². The molecule has 1 N–H and O–H groups in total. The third-order valence-corrected chi connectivity index (χ3v) is 4.12. The molecule has 2 aromatic carbocycles. The standard InChI is InChI=1S/C21H26N2O4/c1-15-9-10-16(2)18(13-15)23(17(3)24)12-11-22-21(25)14-27-20-8-6-5-7-19(20)26-4/h5-10,13H,11-12,14H2,1-4H3,(H,22,25). The van der Waals surface area contributed by atoms with Gasteiger partial charge in [0.05, 0.1) is 7.11 Å². The molecule has 0 unspecified atom stereocenters. The topological polar surface area (TPSA) is 67.9 Å². The van der Waals surface area contributed by atoms with Gasteiger partial charge in [-0.05, 0) is 43.2 Å². The summed E-state index contributed by atoms with van der Waals surface area (Å²) in [5.41, 5.74) is 2.96. The quantitative estimate of drug-likeness (QED) is 0.776. The summed E-state index contributed by atoms with van der Waals surface area (Å²) in [6, 6.07) is 13.1. The summed E-state index contributed by atoms with van der Waals surface area (Å²) in [5.74, 6) is 0.757. The van der Waals surface area contributed by atoms with Crippen molar-refractivity contribution in [2.75, 3.05) is 31.7 Å². The average Bonchev–Trinajstić information content (AvgIpc) is 2.65. The van der Waals surface area contributed by atoms with Crippen molar-refractivity contribution < 1.29 is 19.1 Å². The van der Waals surface area contributed by atoms with E-state index in [0.29, 0.717) is 24.6 Å². The minimum atomic E-state index is -0.259. The minimum absolute atomic E-state index is 0.0665. The van der Waals surface area contributed by atoms with Gasteiger partial charge in [-0.3, -0.25) is 9.59 Å². The van der Waals surface area contributed by atoms with Gasteiger partial charge in [-0.15, -0.1) is 0 Å². The fourth-order valence-corrected chi connectivity index (χ4v) is 2.70. The normalized spacial score (nSPS) is 10.2. The predicted molar refractivity (Wildman–Crippen MR) is 105 cm³/mol. The molecule has 0 saturated carbocycles. The highest BCUT2D eigenvalue weighted by atomic mass is 16.5. The number of nitrogens with one attached hydrogen (secondary N) is 1. The third kappa shape index (κ3) is 5.74. The smallest absolute Gasteiger partial charge is 0.258 e. The number of hydrogen-bond donors (Lipinski definition) is 1. The third-order valence-electron chi connectivity index (χ3n) is 4.12. The van der Waals surface area contributed by atoms with E-state index in [1.54, 1.807) is 24.1 Å². The Morgan fingerprint density at radius 3 is 2.44 bits per heavy atom. The van der Waals surface area contributed by atoms with Crippen LogP contribution in [0.4, 0.5) is 5.69 Å². The van der Waals surface area contributed by atoms with E-state index in [4.69, 9.17) is 9.47 Å². The minimum Gasteiger partial charge on any atom is -0.493 e. The molecule has 0 aliphatic carbocycles. The Kier molecular flexibility index (Phi) is 7.23. The number of benzene rings is 2. The first-order valence-corrected chi connectivity index (χ1v) is 8.80. The molecule has 0 aliphatic rings. The fraction of sp³-hybridized carbons (Fsp3) is 0.333. The lowest BCUT2D eigenvalue weighted by Crippen LogP contribution is -2.39. The maximum absolute atomic E-state index is 12.0. The molecule has 27 heavy (non-hydrogen) atoms. The molecule has 144 valence electrons. The number of amides is 2. The summed E-state index contributed by atoms with van der Waals surface area (Å²) >= 11 is 0. The highest BCUT2D eigenvalue weighted by Crippen LogP contribution is 2.25. The second-order valence-electron chi connectivity index (χ2n) is 6.25. The Morgan fingerprint density at radius 1 is 1.07 bits per heavy atom. The van der Waals surface area contributed by atoms with Gasteiger partial charge < -0.3 is 19.7 Å². The first-order valence-electron chi connectivity index (χ1n) is 8.80. The van der Waals surface area contributed by atoms with Gasteiger partial charge in [-0.1, -0.05) is 24.3 Å². The molecule has 6 nitrogen and oxygen atoms in total. The van der Waals surface area contributed by atoms with Crippen molar-refractivity contribution in [1.82, 2.24) is 5.32 Å². The van der Waals surface area contributed by atoms with Gasteiger partial charge in [0.15, 0.2) is 18.1 Å². The van der Waals surface area contributed by atoms with Gasteiger partial charge in [-0.2, -0.15) is 0 Å². The maximum Gasteiger partial charge on any atom is 0.258 e. The van der Waals surface area contributed by atoms with Gasteiger partial charge in [0.25, 0.3) is 5.91 Å². The Labute approximate surface area is 160 Å². The number of carbonyl (C=O) groups is 2. The van der Waals surface area contributed by atoms with E-state index in [0.717, 1.165) is 16.8 Å². The van der Waals surface area contributed by atoms with Crippen molar-refractivity contribution in [3.8, 4) is 11.5 Å². The lowest BCUT2D eigenvalue weighted by atomic mass is 10.1.